The summed E-state index contributed by atoms with van der Waals surface area (Å²) in [6.45, 7) is -2.33. The van der Waals surface area contributed by atoms with Crippen LogP contribution in [0.1, 0.15) is 11.1 Å². The summed E-state index contributed by atoms with van der Waals surface area (Å²) < 4.78 is 44.9. The first-order chi connectivity index (χ1) is 13.5. The summed E-state index contributed by atoms with van der Waals surface area (Å²) in [5.74, 6) is 1.62. The number of methoxy groups -OCH3 is 3. The second kappa shape index (κ2) is 10.2. The number of ether oxygens (including phenoxy) is 4. The second-order valence-corrected chi connectivity index (χ2v) is 5.61. The maximum atomic E-state index is 12.5. The molecule has 0 saturated carbocycles. The van der Waals surface area contributed by atoms with Crippen molar-refractivity contribution < 1.29 is 27.7 Å². The van der Waals surface area contributed by atoms with Crippen LogP contribution in [0.4, 0.5) is 8.78 Å². The molecule has 0 atom stereocenters. The Kier molecular flexibility index (Phi) is 7.67. The molecule has 7 nitrogen and oxygen atoms in total. The van der Waals surface area contributed by atoms with Crippen molar-refractivity contribution in [2.75, 3.05) is 21.3 Å². The van der Waals surface area contributed by atoms with Crippen molar-refractivity contribution >= 4 is 5.96 Å². The molecule has 152 valence electrons. The maximum Gasteiger partial charge on any atom is 0.387 e. The standard InChI is InChI=1S/C19H23F2N3O4/c1-25-14-6-4-12(8-16(14)27-3)10-23-19(22)24-11-13-5-7-15(26-2)17(9-13)28-18(20)21/h4-9,18H,10-11H2,1-3H3,(H3,22,23,24). The predicted octanol–water partition coefficient (Wildman–Crippen LogP) is 2.92. The lowest BCUT2D eigenvalue weighted by molar-refractivity contribution is -0.0512. The molecule has 0 radical (unpaired) electrons. The number of rotatable bonds is 9. The Balaban J connectivity index is 1.99. The Morgan fingerprint density at radius 3 is 2.11 bits per heavy atom. The lowest BCUT2D eigenvalue weighted by Gasteiger charge is -2.12. The van der Waals surface area contributed by atoms with Gasteiger partial charge in [0, 0.05) is 6.54 Å². The van der Waals surface area contributed by atoms with Crippen molar-refractivity contribution in [1.29, 1.82) is 0 Å². The molecule has 2 rings (SSSR count). The molecule has 0 fully saturated rings. The molecule has 9 heteroatoms. The number of aliphatic imine (C=N–C) groups is 1. The van der Waals surface area contributed by atoms with Crippen LogP contribution < -0.4 is 30.0 Å². The fraction of sp³-hybridized carbons (Fsp3) is 0.316. The van der Waals surface area contributed by atoms with E-state index in [4.69, 9.17) is 19.9 Å². The summed E-state index contributed by atoms with van der Waals surface area (Å²) in [4.78, 5) is 4.21. The van der Waals surface area contributed by atoms with E-state index in [1.165, 1.54) is 19.2 Å². The van der Waals surface area contributed by atoms with Crippen molar-refractivity contribution in [1.82, 2.24) is 5.32 Å². The number of alkyl halides is 2. The molecule has 0 aromatic heterocycles. The molecule has 0 aliphatic heterocycles. The van der Waals surface area contributed by atoms with E-state index >= 15 is 0 Å². The number of nitrogens with zero attached hydrogens (tertiary/aromatic N) is 1. The Morgan fingerprint density at radius 1 is 0.929 bits per heavy atom. The Labute approximate surface area is 162 Å². The van der Waals surface area contributed by atoms with Gasteiger partial charge in [0.25, 0.3) is 0 Å². The topological polar surface area (TPSA) is 87.3 Å². The minimum atomic E-state index is -2.94. The first-order valence-corrected chi connectivity index (χ1v) is 8.33. The minimum Gasteiger partial charge on any atom is -0.493 e. The molecule has 0 bridgehead atoms. The van der Waals surface area contributed by atoms with Crippen LogP contribution in [0.15, 0.2) is 41.4 Å². The van der Waals surface area contributed by atoms with Gasteiger partial charge in [-0.2, -0.15) is 8.78 Å². The quantitative estimate of drug-likeness (QED) is 0.502. The molecule has 0 amide bonds. The van der Waals surface area contributed by atoms with E-state index < -0.39 is 6.61 Å². The van der Waals surface area contributed by atoms with Crippen LogP contribution in [0, 0.1) is 0 Å². The molecule has 3 N–H and O–H groups in total. The average Bonchev–Trinajstić information content (AvgIpc) is 2.70. The molecular weight excluding hydrogens is 372 g/mol. The van der Waals surface area contributed by atoms with Crippen molar-refractivity contribution in [3.8, 4) is 23.0 Å². The summed E-state index contributed by atoms with van der Waals surface area (Å²) in [6, 6.07) is 10.2. The highest BCUT2D eigenvalue weighted by atomic mass is 19.3. The molecule has 0 spiro atoms. The van der Waals surface area contributed by atoms with Crippen LogP contribution >= 0.6 is 0 Å². The first kappa shape index (κ1) is 21.1. The predicted molar refractivity (Wildman–Crippen MR) is 101 cm³/mol. The highest BCUT2D eigenvalue weighted by Crippen LogP contribution is 2.30. The van der Waals surface area contributed by atoms with Crippen LogP contribution in [-0.4, -0.2) is 33.9 Å². The molecule has 0 unspecified atom stereocenters. The van der Waals surface area contributed by atoms with E-state index in [1.54, 1.807) is 26.4 Å². The van der Waals surface area contributed by atoms with E-state index in [2.05, 4.69) is 15.0 Å². The summed E-state index contributed by atoms with van der Waals surface area (Å²) in [5.41, 5.74) is 7.45. The van der Waals surface area contributed by atoms with E-state index in [0.717, 1.165) is 5.56 Å². The number of halogens is 2. The van der Waals surface area contributed by atoms with Crippen molar-refractivity contribution in [3.05, 3.63) is 47.5 Å². The van der Waals surface area contributed by atoms with Crippen molar-refractivity contribution in [3.63, 3.8) is 0 Å². The zero-order chi connectivity index (χ0) is 20.5. The minimum absolute atomic E-state index is 0.0536. The lowest BCUT2D eigenvalue weighted by Crippen LogP contribution is -2.31. The zero-order valence-electron chi connectivity index (χ0n) is 15.9. The Hall–Kier alpha value is -3.23. The third-order valence-corrected chi connectivity index (χ3v) is 3.80. The van der Waals surface area contributed by atoms with E-state index in [9.17, 15) is 8.78 Å². The molecule has 0 heterocycles. The molecule has 0 saturated heterocycles. The van der Waals surface area contributed by atoms with Gasteiger partial charge in [0.05, 0.1) is 27.9 Å². The van der Waals surface area contributed by atoms with Crippen LogP contribution in [0.5, 0.6) is 23.0 Å². The molecule has 0 aliphatic rings. The largest absolute Gasteiger partial charge is 0.493 e. The Morgan fingerprint density at radius 2 is 1.50 bits per heavy atom. The van der Waals surface area contributed by atoms with Gasteiger partial charge in [0.1, 0.15) is 0 Å². The van der Waals surface area contributed by atoms with E-state index in [0.29, 0.717) is 23.6 Å². The number of benzene rings is 2. The Bertz CT molecular complexity index is 816. The van der Waals surface area contributed by atoms with Crippen LogP contribution in [0.2, 0.25) is 0 Å². The second-order valence-electron chi connectivity index (χ2n) is 5.61. The summed E-state index contributed by atoms with van der Waals surface area (Å²) >= 11 is 0. The molecule has 0 aliphatic carbocycles. The highest BCUT2D eigenvalue weighted by molar-refractivity contribution is 5.77. The van der Waals surface area contributed by atoms with E-state index in [1.807, 2.05) is 12.1 Å². The van der Waals surface area contributed by atoms with Gasteiger partial charge in [0.15, 0.2) is 29.0 Å². The van der Waals surface area contributed by atoms with Gasteiger partial charge in [-0.25, -0.2) is 4.99 Å². The maximum absolute atomic E-state index is 12.5. The first-order valence-electron chi connectivity index (χ1n) is 8.33. The van der Waals surface area contributed by atoms with E-state index in [-0.39, 0.29) is 24.0 Å². The third kappa shape index (κ3) is 5.90. The number of nitrogens with one attached hydrogen (secondary N) is 1. The van der Waals surface area contributed by atoms with Gasteiger partial charge in [-0.1, -0.05) is 12.1 Å². The SMILES string of the molecule is COc1ccc(CNC(N)=NCc2ccc(OC)c(OC(F)F)c2)cc1OC. The van der Waals surface area contributed by atoms with Gasteiger partial charge in [-0.15, -0.1) is 0 Å². The fourth-order valence-electron chi connectivity index (χ4n) is 2.42. The van der Waals surface area contributed by atoms with Gasteiger partial charge in [-0.05, 0) is 35.4 Å². The molecular formula is C19H23F2N3O4. The summed E-state index contributed by atoms with van der Waals surface area (Å²) in [6.07, 6.45) is 0. The van der Waals surface area contributed by atoms with Gasteiger partial charge < -0.3 is 30.0 Å². The van der Waals surface area contributed by atoms with Gasteiger partial charge in [-0.3, -0.25) is 0 Å². The monoisotopic (exact) mass is 395 g/mol. The highest BCUT2D eigenvalue weighted by Gasteiger charge is 2.11. The number of nitrogens with two attached hydrogens (primary N) is 1. The zero-order valence-corrected chi connectivity index (χ0v) is 15.9. The van der Waals surface area contributed by atoms with Gasteiger partial charge >= 0.3 is 6.61 Å². The summed E-state index contributed by atoms with van der Waals surface area (Å²) in [5, 5.41) is 2.98. The fourth-order valence-corrected chi connectivity index (χ4v) is 2.42. The van der Waals surface area contributed by atoms with Crippen LogP contribution in [0.25, 0.3) is 0 Å². The van der Waals surface area contributed by atoms with Crippen LogP contribution in [0.3, 0.4) is 0 Å². The number of guanidine groups is 1. The van der Waals surface area contributed by atoms with Crippen molar-refractivity contribution in [2.45, 2.75) is 19.7 Å². The number of hydrogen-bond donors (Lipinski definition) is 2. The molecule has 2 aromatic carbocycles. The molecule has 28 heavy (non-hydrogen) atoms. The van der Waals surface area contributed by atoms with Crippen LogP contribution in [-0.2, 0) is 13.1 Å². The average molecular weight is 395 g/mol. The third-order valence-electron chi connectivity index (χ3n) is 3.80. The normalized spacial score (nSPS) is 11.3. The molecule has 2 aromatic rings. The van der Waals surface area contributed by atoms with Crippen molar-refractivity contribution in [2.24, 2.45) is 10.7 Å². The van der Waals surface area contributed by atoms with Gasteiger partial charge in [0.2, 0.25) is 0 Å². The number of hydrogen-bond acceptors (Lipinski definition) is 5. The smallest absolute Gasteiger partial charge is 0.387 e. The lowest BCUT2D eigenvalue weighted by atomic mass is 10.2. The summed E-state index contributed by atoms with van der Waals surface area (Å²) in [7, 11) is 4.50.